The van der Waals surface area contributed by atoms with E-state index in [9.17, 15) is 4.79 Å². The van der Waals surface area contributed by atoms with Crippen LogP contribution in [0.4, 0.5) is 5.82 Å². The first-order chi connectivity index (χ1) is 15.7. The SMILES string of the molecule is O=C(Cc1nc2cccc(NC3CCCCC3)n2n1)c1cccc(CN2CCOCC2)c1. The molecule has 1 aliphatic heterocycles. The average Bonchev–Trinajstić information content (AvgIpc) is 3.24. The van der Waals surface area contributed by atoms with Gasteiger partial charge in [-0.1, -0.05) is 43.5 Å². The molecule has 0 bridgehead atoms. The fourth-order valence-electron chi connectivity index (χ4n) is 4.70. The van der Waals surface area contributed by atoms with Gasteiger partial charge in [-0.2, -0.15) is 4.52 Å². The number of hydrogen-bond acceptors (Lipinski definition) is 6. The first-order valence-corrected chi connectivity index (χ1v) is 11.8. The molecular weight excluding hydrogens is 402 g/mol. The van der Waals surface area contributed by atoms with E-state index in [4.69, 9.17) is 4.74 Å². The molecule has 1 aromatic carbocycles. The molecule has 168 valence electrons. The van der Waals surface area contributed by atoms with Gasteiger partial charge in [0.2, 0.25) is 0 Å². The minimum atomic E-state index is 0.0477. The third-order valence-electron chi connectivity index (χ3n) is 6.44. The number of hydrogen-bond donors (Lipinski definition) is 1. The van der Waals surface area contributed by atoms with Crippen molar-refractivity contribution < 1.29 is 9.53 Å². The molecule has 3 aromatic rings. The van der Waals surface area contributed by atoms with E-state index in [2.05, 4.69) is 26.4 Å². The van der Waals surface area contributed by atoms with Crippen molar-refractivity contribution in [2.24, 2.45) is 0 Å². The van der Waals surface area contributed by atoms with Crippen LogP contribution in [0.2, 0.25) is 0 Å². The van der Waals surface area contributed by atoms with E-state index in [0.29, 0.717) is 11.9 Å². The molecule has 0 spiro atoms. The molecule has 0 unspecified atom stereocenters. The lowest BCUT2D eigenvalue weighted by Gasteiger charge is -2.26. The van der Waals surface area contributed by atoms with Crippen molar-refractivity contribution in [3.05, 3.63) is 59.4 Å². The Balaban J connectivity index is 1.28. The quantitative estimate of drug-likeness (QED) is 0.573. The van der Waals surface area contributed by atoms with Gasteiger partial charge < -0.3 is 10.1 Å². The third-order valence-corrected chi connectivity index (χ3v) is 6.44. The molecule has 32 heavy (non-hydrogen) atoms. The summed E-state index contributed by atoms with van der Waals surface area (Å²) in [5.74, 6) is 1.56. The van der Waals surface area contributed by atoms with Crippen molar-refractivity contribution in [2.45, 2.75) is 51.1 Å². The van der Waals surface area contributed by atoms with Crippen molar-refractivity contribution in [3.63, 3.8) is 0 Å². The molecule has 2 aromatic heterocycles. The van der Waals surface area contributed by atoms with Crippen molar-refractivity contribution in [2.75, 3.05) is 31.6 Å². The zero-order valence-corrected chi connectivity index (χ0v) is 18.5. The van der Waals surface area contributed by atoms with E-state index in [0.717, 1.165) is 55.4 Å². The molecule has 0 atom stereocenters. The summed E-state index contributed by atoms with van der Waals surface area (Å²) in [6.45, 7) is 4.25. The summed E-state index contributed by atoms with van der Waals surface area (Å²) in [4.78, 5) is 20.0. The lowest BCUT2D eigenvalue weighted by molar-refractivity contribution is 0.0342. The predicted octanol–water partition coefficient (Wildman–Crippen LogP) is 3.73. The van der Waals surface area contributed by atoms with E-state index in [1.54, 1.807) is 0 Å². The average molecular weight is 434 g/mol. The number of ketones is 1. The van der Waals surface area contributed by atoms with Gasteiger partial charge >= 0.3 is 0 Å². The fraction of sp³-hybridized carbons (Fsp3) is 0.480. The summed E-state index contributed by atoms with van der Waals surface area (Å²) >= 11 is 0. The van der Waals surface area contributed by atoms with Gasteiger partial charge in [-0.15, -0.1) is 5.10 Å². The number of fused-ring (bicyclic) bond motifs is 1. The van der Waals surface area contributed by atoms with Crippen molar-refractivity contribution in [1.82, 2.24) is 19.5 Å². The molecule has 1 aliphatic carbocycles. The number of ether oxygens (including phenoxy) is 1. The number of nitrogens with zero attached hydrogens (tertiary/aromatic N) is 4. The maximum Gasteiger partial charge on any atom is 0.170 e. The molecule has 2 fully saturated rings. The summed E-state index contributed by atoms with van der Waals surface area (Å²) in [5.41, 5.74) is 2.64. The second kappa shape index (κ2) is 9.79. The van der Waals surface area contributed by atoms with Gasteiger partial charge in [0.05, 0.1) is 19.6 Å². The number of pyridine rings is 1. The lowest BCUT2D eigenvalue weighted by atomic mass is 9.95. The Morgan fingerprint density at radius 2 is 1.88 bits per heavy atom. The van der Waals surface area contributed by atoms with E-state index >= 15 is 0 Å². The number of benzene rings is 1. The lowest BCUT2D eigenvalue weighted by Crippen LogP contribution is -2.35. The first kappa shape index (κ1) is 21.1. The number of aromatic nitrogens is 3. The fourth-order valence-corrected chi connectivity index (χ4v) is 4.70. The molecular formula is C25H31N5O2. The Morgan fingerprint density at radius 3 is 2.72 bits per heavy atom. The monoisotopic (exact) mass is 433 g/mol. The van der Waals surface area contributed by atoms with E-state index in [1.807, 2.05) is 40.9 Å². The first-order valence-electron chi connectivity index (χ1n) is 11.8. The van der Waals surface area contributed by atoms with Crippen LogP contribution in [-0.2, 0) is 17.7 Å². The molecule has 1 saturated carbocycles. The Kier molecular flexibility index (Phi) is 6.46. The van der Waals surface area contributed by atoms with Crippen molar-refractivity contribution >= 4 is 17.2 Å². The van der Waals surface area contributed by atoms with Crippen LogP contribution >= 0.6 is 0 Å². The number of Topliss-reactive ketones (excluding diaryl/α,β-unsaturated/α-hetero) is 1. The Bertz CT molecular complexity index is 1070. The summed E-state index contributed by atoms with van der Waals surface area (Å²) in [6.07, 6.45) is 6.45. The third kappa shape index (κ3) is 5.00. The van der Waals surface area contributed by atoms with Gasteiger partial charge in [0.15, 0.2) is 17.3 Å². The number of rotatable bonds is 7. The highest BCUT2D eigenvalue weighted by molar-refractivity contribution is 5.97. The van der Waals surface area contributed by atoms with Crippen molar-refractivity contribution in [3.8, 4) is 0 Å². The molecule has 0 amide bonds. The van der Waals surface area contributed by atoms with Gasteiger partial charge in [-0.25, -0.2) is 4.98 Å². The minimum Gasteiger partial charge on any atom is -0.379 e. The van der Waals surface area contributed by atoms with Crippen molar-refractivity contribution in [1.29, 1.82) is 0 Å². The van der Waals surface area contributed by atoms with E-state index in [-0.39, 0.29) is 12.2 Å². The van der Waals surface area contributed by atoms with Gasteiger partial charge in [-0.05, 0) is 36.6 Å². The highest BCUT2D eigenvalue weighted by Crippen LogP contribution is 2.22. The second-order valence-electron chi connectivity index (χ2n) is 8.88. The molecule has 0 radical (unpaired) electrons. The number of carbonyl (C=O) groups is 1. The van der Waals surface area contributed by atoms with E-state index < -0.39 is 0 Å². The smallest absolute Gasteiger partial charge is 0.170 e. The largest absolute Gasteiger partial charge is 0.379 e. The summed E-state index contributed by atoms with van der Waals surface area (Å²) in [5, 5.41) is 8.29. The molecule has 1 N–H and O–H groups in total. The van der Waals surface area contributed by atoms with Crippen LogP contribution in [0.25, 0.3) is 5.65 Å². The standard InChI is InChI=1S/C25H31N5O2/c31-22(20-7-4-6-19(16-20)18-29-12-14-32-15-13-29)17-23-27-25-11-5-10-24(30(25)28-23)26-21-8-2-1-3-9-21/h4-7,10-11,16,21,26H,1-3,8-9,12-15,17-18H2. The Morgan fingerprint density at radius 1 is 1.06 bits per heavy atom. The second-order valence-corrected chi connectivity index (χ2v) is 8.88. The Labute approximate surface area is 188 Å². The highest BCUT2D eigenvalue weighted by atomic mass is 16.5. The summed E-state index contributed by atoms with van der Waals surface area (Å²) in [6, 6.07) is 14.4. The molecule has 3 heterocycles. The predicted molar refractivity (Wildman–Crippen MR) is 124 cm³/mol. The van der Waals surface area contributed by atoms with Crippen LogP contribution in [0, 0.1) is 0 Å². The van der Waals surface area contributed by atoms with Gasteiger partial charge in [0.25, 0.3) is 0 Å². The van der Waals surface area contributed by atoms with Crippen LogP contribution < -0.4 is 5.32 Å². The maximum absolute atomic E-state index is 13.0. The molecule has 5 rings (SSSR count). The molecule has 7 nitrogen and oxygen atoms in total. The molecule has 7 heteroatoms. The number of carbonyl (C=O) groups excluding carboxylic acids is 1. The Hall–Kier alpha value is -2.77. The van der Waals surface area contributed by atoms with Gasteiger partial charge in [0.1, 0.15) is 5.82 Å². The number of anilines is 1. The molecule has 1 saturated heterocycles. The zero-order valence-electron chi connectivity index (χ0n) is 18.5. The van der Waals surface area contributed by atoms with Crippen LogP contribution in [0.5, 0.6) is 0 Å². The number of nitrogens with one attached hydrogen (secondary N) is 1. The summed E-state index contributed by atoms with van der Waals surface area (Å²) in [7, 11) is 0. The van der Waals surface area contributed by atoms with E-state index in [1.165, 1.54) is 32.1 Å². The topological polar surface area (TPSA) is 71.8 Å². The molecule has 2 aliphatic rings. The zero-order chi connectivity index (χ0) is 21.8. The van der Waals surface area contributed by atoms with Crippen LogP contribution in [0.3, 0.4) is 0 Å². The maximum atomic E-state index is 13.0. The van der Waals surface area contributed by atoms with Gasteiger partial charge in [0, 0.05) is 31.2 Å². The van der Waals surface area contributed by atoms with Crippen LogP contribution in [-0.4, -0.2) is 57.6 Å². The van der Waals surface area contributed by atoms with Gasteiger partial charge in [-0.3, -0.25) is 9.69 Å². The minimum absolute atomic E-state index is 0.0477. The number of morpholine rings is 1. The van der Waals surface area contributed by atoms with Crippen LogP contribution in [0.1, 0.15) is 53.8 Å². The van der Waals surface area contributed by atoms with Crippen LogP contribution in [0.15, 0.2) is 42.5 Å². The normalized spacial score (nSPS) is 18.1. The highest BCUT2D eigenvalue weighted by Gasteiger charge is 2.17. The summed E-state index contributed by atoms with van der Waals surface area (Å²) < 4.78 is 7.26.